The number of nitrogens with two attached hydrogens (primary N) is 1. The van der Waals surface area contributed by atoms with Crippen LogP contribution in [0, 0.1) is 12.3 Å². The highest BCUT2D eigenvalue weighted by Crippen LogP contribution is 2.41. The Morgan fingerprint density at radius 1 is 1.43 bits per heavy atom. The van der Waals surface area contributed by atoms with Gasteiger partial charge in [-0.15, -0.1) is 11.3 Å². The van der Waals surface area contributed by atoms with Crippen LogP contribution in [0.1, 0.15) is 45.2 Å². The largest absolute Gasteiger partial charge is 0.382 e. The molecule has 0 radical (unpaired) electrons. The Hall–Kier alpha value is -1.14. The minimum atomic E-state index is 0.421. The summed E-state index contributed by atoms with van der Waals surface area (Å²) in [5.41, 5.74) is 8.51. The van der Waals surface area contributed by atoms with Crippen molar-refractivity contribution in [2.75, 3.05) is 11.1 Å². The molecule has 1 unspecified atom stereocenters. The van der Waals surface area contributed by atoms with Crippen molar-refractivity contribution in [3.05, 3.63) is 11.1 Å². The van der Waals surface area contributed by atoms with Crippen LogP contribution in [0.4, 0.5) is 10.8 Å². The molecule has 3 N–H and O–H groups in total. The number of hydrogen-bond acceptors (Lipinski definition) is 6. The van der Waals surface area contributed by atoms with Crippen LogP contribution in [0.25, 0.3) is 10.6 Å². The number of nitrogen functional groups attached to an aromatic ring is 1. The van der Waals surface area contributed by atoms with Crippen LogP contribution in [0.5, 0.6) is 0 Å². The summed E-state index contributed by atoms with van der Waals surface area (Å²) in [6.07, 6.45) is 5.01. The molecule has 1 aliphatic rings. The molecule has 0 aromatic carbocycles. The van der Waals surface area contributed by atoms with Gasteiger partial charge in [0, 0.05) is 17.1 Å². The molecule has 0 spiro atoms. The average Bonchev–Trinajstić information content (AvgIpc) is 2.95. The lowest BCUT2D eigenvalue weighted by Crippen LogP contribution is -2.31. The van der Waals surface area contributed by atoms with Crippen LogP contribution in [-0.2, 0) is 0 Å². The zero-order valence-electron chi connectivity index (χ0n) is 12.8. The van der Waals surface area contributed by atoms with Gasteiger partial charge in [0.1, 0.15) is 15.8 Å². The number of nitrogens with zero attached hydrogens (tertiary/aromatic N) is 2. The molecule has 6 heteroatoms. The molecule has 3 rings (SSSR count). The molecule has 1 atom stereocenters. The van der Waals surface area contributed by atoms with Gasteiger partial charge in [0.05, 0.1) is 5.56 Å². The van der Waals surface area contributed by atoms with Gasteiger partial charge in [-0.3, -0.25) is 0 Å². The topological polar surface area (TPSA) is 63.8 Å². The molecular weight excluding hydrogens is 300 g/mol. The maximum Gasteiger partial charge on any atom is 0.149 e. The van der Waals surface area contributed by atoms with E-state index in [-0.39, 0.29) is 0 Å². The lowest BCUT2D eigenvalue weighted by molar-refractivity contribution is 0.230. The van der Waals surface area contributed by atoms with Crippen molar-refractivity contribution in [1.82, 2.24) is 9.36 Å². The van der Waals surface area contributed by atoms with Crippen molar-refractivity contribution in [1.29, 1.82) is 0 Å². The van der Waals surface area contributed by atoms with Crippen LogP contribution >= 0.6 is 22.9 Å². The van der Waals surface area contributed by atoms with Crippen LogP contribution < -0.4 is 11.1 Å². The zero-order valence-corrected chi connectivity index (χ0v) is 14.4. The lowest BCUT2D eigenvalue weighted by Gasteiger charge is -2.35. The molecule has 2 heterocycles. The van der Waals surface area contributed by atoms with Gasteiger partial charge in [0.25, 0.3) is 0 Å². The summed E-state index contributed by atoms with van der Waals surface area (Å²) in [5.74, 6) is 0.590. The monoisotopic (exact) mass is 322 g/mol. The molecule has 2 aromatic heterocycles. The summed E-state index contributed by atoms with van der Waals surface area (Å²) in [6.45, 7) is 6.71. The maximum atomic E-state index is 6.07. The third-order valence-electron chi connectivity index (χ3n) is 4.09. The normalized spacial score (nSPS) is 21.4. The number of hydrogen-bond donors (Lipinski definition) is 2. The Bertz CT molecular complexity index is 629. The maximum absolute atomic E-state index is 6.07. The van der Waals surface area contributed by atoms with Crippen molar-refractivity contribution in [3.8, 4) is 10.6 Å². The molecule has 0 aliphatic heterocycles. The SMILES string of the molecule is Cc1csc(-c2c(N)nsc2NC2CCCC(C)(C)C2)n1. The second-order valence-corrected chi connectivity index (χ2v) is 8.30. The standard InChI is InChI=1S/C15H22N4S2/c1-9-8-20-13(17-9)11-12(16)19-21-14(11)18-10-5-4-6-15(2,3)7-10/h8,10,18H,4-7H2,1-3H3,(H2,16,19). The fourth-order valence-corrected chi connectivity index (χ4v) is 4.80. The molecule has 1 fully saturated rings. The van der Waals surface area contributed by atoms with E-state index in [4.69, 9.17) is 5.73 Å². The minimum absolute atomic E-state index is 0.421. The van der Waals surface area contributed by atoms with Gasteiger partial charge in [-0.1, -0.05) is 20.3 Å². The van der Waals surface area contributed by atoms with Crippen LogP contribution in [0.15, 0.2) is 5.38 Å². The Labute approximate surface area is 134 Å². The molecule has 0 amide bonds. The second kappa shape index (κ2) is 5.57. The van der Waals surface area contributed by atoms with Crippen LogP contribution in [0.3, 0.4) is 0 Å². The van der Waals surface area contributed by atoms with Crippen LogP contribution in [-0.4, -0.2) is 15.4 Å². The van der Waals surface area contributed by atoms with Crippen molar-refractivity contribution in [2.45, 2.75) is 52.5 Å². The summed E-state index contributed by atoms with van der Waals surface area (Å²) < 4.78 is 4.33. The first-order valence-electron chi connectivity index (χ1n) is 7.39. The van der Waals surface area contributed by atoms with E-state index < -0.39 is 0 Å². The highest BCUT2D eigenvalue weighted by atomic mass is 32.1. The van der Waals surface area contributed by atoms with Gasteiger partial charge in [-0.2, -0.15) is 4.37 Å². The molecule has 1 aliphatic carbocycles. The Morgan fingerprint density at radius 3 is 2.90 bits per heavy atom. The summed E-state index contributed by atoms with van der Waals surface area (Å²) in [7, 11) is 0. The second-order valence-electron chi connectivity index (χ2n) is 6.67. The van der Waals surface area contributed by atoms with Crippen molar-refractivity contribution >= 4 is 33.7 Å². The fraction of sp³-hybridized carbons (Fsp3) is 0.600. The smallest absolute Gasteiger partial charge is 0.149 e. The molecular formula is C15H22N4S2. The van der Waals surface area contributed by atoms with Gasteiger partial charge >= 0.3 is 0 Å². The van der Waals surface area contributed by atoms with Gasteiger partial charge in [-0.05, 0) is 43.1 Å². The first-order chi connectivity index (χ1) is 9.94. The number of aromatic nitrogens is 2. The Balaban J connectivity index is 1.83. The molecule has 1 saturated carbocycles. The predicted molar refractivity (Wildman–Crippen MR) is 92.0 cm³/mol. The minimum Gasteiger partial charge on any atom is -0.382 e. The van der Waals surface area contributed by atoms with E-state index in [0.29, 0.717) is 17.3 Å². The number of thiazole rings is 1. The number of rotatable bonds is 3. The zero-order chi connectivity index (χ0) is 15.0. The number of nitrogens with one attached hydrogen (secondary N) is 1. The van der Waals surface area contributed by atoms with E-state index in [2.05, 4.69) is 33.9 Å². The van der Waals surface area contributed by atoms with E-state index in [1.165, 1.54) is 37.2 Å². The van der Waals surface area contributed by atoms with Gasteiger partial charge < -0.3 is 11.1 Å². The van der Waals surface area contributed by atoms with E-state index in [1.807, 2.05) is 6.92 Å². The summed E-state index contributed by atoms with van der Waals surface area (Å²) in [5, 5.41) is 7.77. The van der Waals surface area contributed by atoms with Crippen molar-refractivity contribution in [2.24, 2.45) is 5.41 Å². The summed E-state index contributed by atoms with van der Waals surface area (Å²) >= 11 is 3.09. The molecule has 4 nitrogen and oxygen atoms in total. The van der Waals surface area contributed by atoms with Crippen molar-refractivity contribution < 1.29 is 0 Å². The quantitative estimate of drug-likeness (QED) is 0.871. The Morgan fingerprint density at radius 2 is 2.24 bits per heavy atom. The lowest BCUT2D eigenvalue weighted by atomic mass is 9.75. The third kappa shape index (κ3) is 3.21. The highest BCUT2D eigenvalue weighted by Gasteiger charge is 2.29. The Kier molecular flexibility index (Phi) is 3.92. The summed E-state index contributed by atoms with van der Waals surface area (Å²) in [6, 6.07) is 0.508. The molecule has 114 valence electrons. The highest BCUT2D eigenvalue weighted by molar-refractivity contribution is 7.15. The fourth-order valence-electron chi connectivity index (χ4n) is 3.08. The number of anilines is 2. The van der Waals surface area contributed by atoms with Gasteiger partial charge in [0.15, 0.2) is 0 Å². The first-order valence-corrected chi connectivity index (χ1v) is 9.04. The molecule has 0 saturated heterocycles. The van der Waals surface area contributed by atoms with Crippen LogP contribution in [0.2, 0.25) is 0 Å². The van der Waals surface area contributed by atoms with E-state index in [1.54, 1.807) is 11.3 Å². The molecule has 21 heavy (non-hydrogen) atoms. The van der Waals surface area contributed by atoms with E-state index in [9.17, 15) is 0 Å². The molecule has 2 aromatic rings. The van der Waals surface area contributed by atoms with E-state index >= 15 is 0 Å². The van der Waals surface area contributed by atoms with Crippen molar-refractivity contribution in [3.63, 3.8) is 0 Å². The molecule has 0 bridgehead atoms. The first kappa shape index (κ1) is 14.8. The summed E-state index contributed by atoms with van der Waals surface area (Å²) in [4.78, 5) is 4.56. The van der Waals surface area contributed by atoms with E-state index in [0.717, 1.165) is 21.3 Å². The van der Waals surface area contributed by atoms with Gasteiger partial charge in [0.2, 0.25) is 0 Å². The number of aryl methyl sites for hydroxylation is 1. The third-order valence-corrected chi connectivity index (χ3v) is 5.86. The predicted octanol–water partition coefficient (Wildman–Crippen LogP) is 4.54. The van der Waals surface area contributed by atoms with Gasteiger partial charge in [-0.25, -0.2) is 4.98 Å². The average molecular weight is 323 g/mol.